The zero-order chi connectivity index (χ0) is 20.7. The number of aryl methyl sites for hydroxylation is 1. The topological polar surface area (TPSA) is 75.7 Å². The number of carbonyl (C=O) groups is 1. The van der Waals surface area contributed by atoms with E-state index in [4.69, 9.17) is 4.74 Å². The highest BCUT2D eigenvalue weighted by atomic mass is 32.2. The van der Waals surface area contributed by atoms with Crippen molar-refractivity contribution in [3.8, 4) is 5.75 Å². The zero-order valence-electron chi connectivity index (χ0n) is 16.4. The maximum atomic E-state index is 12.9. The third-order valence-corrected chi connectivity index (χ3v) is 5.24. The number of ether oxygens (including phenoxy) is 1. The van der Waals surface area contributed by atoms with Crippen molar-refractivity contribution in [2.75, 3.05) is 22.5 Å². The van der Waals surface area contributed by atoms with E-state index in [-0.39, 0.29) is 0 Å². The van der Waals surface area contributed by atoms with Crippen LogP contribution in [0.5, 0.6) is 5.75 Å². The third-order valence-electron chi connectivity index (χ3n) is 4.06. The lowest BCUT2D eigenvalue weighted by Gasteiger charge is -2.30. The van der Waals surface area contributed by atoms with Crippen molar-refractivity contribution in [1.82, 2.24) is 0 Å². The van der Waals surface area contributed by atoms with E-state index in [1.54, 1.807) is 55.5 Å². The molecule has 7 heteroatoms. The highest BCUT2D eigenvalue weighted by Crippen LogP contribution is 2.25. The fraction of sp³-hybridized carbons (Fsp3) is 0.286. The lowest BCUT2D eigenvalue weighted by Crippen LogP contribution is -2.47. The fourth-order valence-corrected chi connectivity index (χ4v) is 4.07. The number of nitrogens with one attached hydrogen (secondary N) is 1. The highest BCUT2D eigenvalue weighted by molar-refractivity contribution is 7.92. The minimum Gasteiger partial charge on any atom is -0.489 e. The van der Waals surface area contributed by atoms with Gasteiger partial charge in [0.15, 0.2) is 0 Å². The van der Waals surface area contributed by atoms with Crippen LogP contribution in [0.25, 0.3) is 0 Å². The van der Waals surface area contributed by atoms with Crippen molar-refractivity contribution >= 4 is 27.3 Å². The summed E-state index contributed by atoms with van der Waals surface area (Å²) in [6.45, 7) is 7.61. The molecule has 0 aromatic heterocycles. The quantitative estimate of drug-likeness (QED) is 0.648. The molecule has 0 saturated heterocycles. The van der Waals surface area contributed by atoms with Gasteiger partial charge in [0.05, 0.1) is 11.9 Å². The average molecular weight is 403 g/mol. The summed E-state index contributed by atoms with van der Waals surface area (Å²) in [5, 5.41) is 2.80. The molecule has 6 nitrogen and oxygen atoms in total. The second-order valence-electron chi connectivity index (χ2n) is 6.44. The number of hydrogen-bond acceptors (Lipinski definition) is 4. The van der Waals surface area contributed by atoms with E-state index in [0.717, 1.165) is 11.8 Å². The Kier molecular flexibility index (Phi) is 7.23. The van der Waals surface area contributed by atoms with Gasteiger partial charge in [0.2, 0.25) is 15.9 Å². The standard InChI is InChI=1S/C21H26N2O4S/c1-5-13-27-19-12-8-10-17(15-19)22-21(24)20(6-2)23(28(4,25)26)18-11-7-9-16(3)14-18/h5,7-12,14-15,20H,1,6,13H2,2-4H3,(H,22,24)/t20-/m0/s1. The van der Waals surface area contributed by atoms with E-state index in [2.05, 4.69) is 11.9 Å². The minimum absolute atomic E-state index is 0.319. The summed E-state index contributed by atoms with van der Waals surface area (Å²) in [6, 6.07) is 13.1. The number of amides is 1. The van der Waals surface area contributed by atoms with Crippen LogP contribution in [-0.2, 0) is 14.8 Å². The smallest absolute Gasteiger partial charge is 0.248 e. The Labute approximate surface area is 166 Å². The van der Waals surface area contributed by atoms with Gasteiger partial charge in [0.1, 0.15) is 18.4 Å². The van der Waals surface area contributed by atoms with Crippen LogP contribution in [0.1, 0.15) is 18.9 Å². The monoisotopic (exact) mass is 402 g/mol. The van der Waals surface area contributed by atoms with Crippen molar-refractivity contribution in [3.63, 3.8) is 0 Å². The van der Waals surface area contributed by atoms with Crippen LogP contribution < -0.4 is 14.4 Å². The van der Waals surface area contributed by atoms with E-state index in [1.807, 2.05) is 13.0 Å². The van der Waals surface area contributed by atoms with Crippen molar-refractivity contribution < 1.29 is 17.9 Å². The van der Waals surface area contributed by atoms with Crippen LogP contribution in [0.3, 0.4) is 0 Å². The summed E-state index contributed by atoms with van der Waals surface area (Å²) < 4.78 is 31.6. The zero-order valence-corrected chi connectivity index (χ0v) is 17.2. The SMILES string of the molecule is C=CCOc1cccc(NC(=O)[C@H](CC)N(c2cccc(C)c2)S(C)(=O)=O)c1. The van der Waals surface area contributed by atoms with Crippen molar-refractivity contribution in [3.05, 3.63) is 66.7 Å². The van der Waals surface area contributed by atoms with Crippen molar-refractivity contribution in [2.45, 2.75) is 26.3 Å². The van der Waals surface area contributed by atoms with E-state index in [1.165, 1.54) is 4.31 Å². The fourth-order valence-electron chi connectivity index (χ4n) is 2.87. The molecular weight excluding hydrogens is 376 g/mol. The lowest BCUT2D eigenvalue weighted by atomic mass is 10.1. The molecule has 0 aliphatic heterocycles. The highest BCUT2D eigenvalue weighted by Gasteiger charge is 2.31. The van der Waals surface area contributed by atoms with Gasteiger partial charge in [0, 0.05) is 11.8 Å². The average Bonchev–Trinajstić information content (AvgIpc) is 2.63. The Bertz CT molecular complexity index is 941. The molecule has 28 heavy (non-hydrogen) atoms. The molecule has 0 unspecified atom stereocenters. The Balaban J connectivity index is 2.31. The molecule has 0 spiro atoms. The molecule has 2 rings (SSSR count). The molecular formula is C21H26N2O4S. The number of benzene rings is 2. The molecule has 0 bridgehead atoms. The van der Waals surface area contributed by atoms with Gasteiger partial charge < -0.3 is 10.1 Å². The number of carbonyl (C=O) groups excluding carboxylic acids is 1. The molecule has 1 amide bonds. The molecule has 1 atom stereocenters. The first-order valence-corrected chi connectivity index (χ1v) is 10.8. The van der Waals surface area contributed by atoms with Gasteiger partial charge in [-0.3, -0.25) is 9.10 Å². The van der Waals surface area contributed by atoms with Gasteiger partial charge in [-0.25, -0.2) is 8.42 Å². The summed E-state index contributed by atoms with van der Waals surface area (Å²) in [5.74, 6) is 0.180. The van der Waals surface area contributed by atoms with E-state index >= 15 is 0 Å². The molecule has 0 heterocycles. The first-order chi connectivity index (χ1) is 13.3. The van der Waals surface area contributed by atoms with Crippen molar-refractivity contribution in [2.24, 2.45) is 0 Å². The van der Waals surface area contributed by atoms with Crippen LogP contribution in [0, 0.1) is 6.92 Å². The molecule has 0 aliphatic rings. The Hall–Kier alpha value is -2.80. The molecule has 150 valence electrons. The molecule has 0 aliphatic carbocycles. The Morgan fingerprint density at radius 3 is 2.57 bits per heavy atom. The number of sulfonamides is 1. The molecule has 0 fully saturated rings. The summed E-state index contributed by atoms with van der Waals surface area (Å²) in [7, 11) is -3.67. The van der Waals surface area contributed by atoms with Crippen LogP contribution in [0.15, 0.2) is 61.2 Å². The predicted molar refractivity (Wildman–Crippen MR) is 113 cm³/mol. The van der Waals surface area contributed by atoms with Gasteiger partial charge >= 0.3 is 0 Å². The predicted octanol–water partition coefficient (Wildman–Crippen LogP) is 3.74. The van der Waals surface area contributed by atoms with Gasteiger partial charge in [-0.15, -0.1) is 0 Å². The normalized spacial score (nSPS) is 12.1. The molecule has 0 radical (unpaired) electrons. The molecule has 2 aromatic rings. The molecule has 0 saturated carbocycles. The Morgan fingerprint density at radius 1 is 1.25 bits per heavy atom. The van der Waals surface area contributed by atoms with E-state index < -0.39 is 22.0 Å². The largest absolute Gasteiger partial charge is 0.489 e. The van der Waals surface area contributed by atoms with Crippen molar-refractivity contribution in [1.29, 1.82) is 0 Å². The van der Waals surface area contributed by atoms with Gasteiger partial charge in [-0.05, 0) is 43.2 Å². The van der Waals surface area contributed by atoms with Crippen LogP contribution in [-0.4, -0.2) is 33.2 Å². The summed E-state index contributed by atoms with van der Waals surface area (Å²) in [6.07, 6.45) is 3.05. The number of hydrogen-bond donors (Lipinski definition) is 1. The second-order valence-corrected chi connectivity index (χ2v) is 8.30. The maximum absolute atomic E-state index is 12.9. The summed E-state index contributed by atoms with van der Waals surface area (Å²) in [5.41, 5.74) is 1.91. The first kappa shape index (κ1) is 21.5. The van der Waals surface area contributed by atoms with Crippen LogP contribution >= 0.6 is 0 Å². The van der Waals surface area contributed by atoms with E-state index in [9.17, 15) is 13.2 Å². The third kappa shape index (κ3) is 5.60. The molecule has 2 aromatic carbocycles. The van der Waals surface area contributed by atoms with E-state index in [0.29, 0.717) is 30.2 Å². The van der Waals surface area contributed by atoms with Gasteiger partial charge in [-0.2, -0.15) is 0 Å². The Morgan fingerprint density at radius 2 is 1.96 bits per heavy atom. The lowest BCUT2D eigenvalue weighted by molar-refractivity contribution is -0.117. The number of rotatable bonds is 9. The van der Waals surface area contributed by atoms with Crippen LogP contribution in [0.4, 0.5) is 11.4 Å². The second kappa shape index (κ2) is 9.41. The number of nitrogens with zero attached hydrogens (tertiary/aromatic N) is 1. The summed E-state index contributed by atoms with van der Waals surface area (Å²) in [4.78, 5) is 12.9. The first-order valence-electron chi connectivity index (χ1n) is 8.97. The number of anilines is 2. The summed E-state index contributed by atoms with van der Waals surface area (Å²) >= 11 is 0. The minimum atomic E-state index is -3.67. The maximum Gasteiger partial charge on any atom is 0.248 e. The van der Waals surface area contributed by atoms with Crippen LogP contribution in [0.2, 0.25) is 0 Å². The van der Waals surface area contributed by atoms with Gasteiger partial charge in [0.25, 0.3) is 0 Å². The molecule has 1 N–H and O–H groups in total. The van der Waals surface area contributed by atoms with Gasteiger partial charge in [-0.1, -0.05) is 37.8 Å².